The third-order valence-electron chi connectivity index (χ3n) is 2.86. The van der Waals surface area contributed by atoms with Crippen LogP contribution in [0.5, 0.6) is 11.5 Å². The minimum absolute atomic E-state index is 0.00569. The molecule has 0 saturated carbocycles. The van der Waals surface area contributed by atoms with Crippen LogP contribution in [0, 0.1) is 0 Å². The molecule has 0 radical (unpaired) electrons. The fourth-order valence-corrected chi connectivity index (χ4v) is 1.57. The van der Waals surface area contributed by atoms with E-state index >= 15 is 0 Å². The van der Waals surface area contributed by atoms with Gasteiger partial charge in [-0.15, -0.1) is 0 Å². The van der Waals surface area contributed by atoms with Gasteiger partial charge in [0.15, 0.2) is 11.5 Å². The Labute approximate surface area is 110 Å². The SMILES string of the molecule is CC(C/C(N)=N/O)N(C)C(=O)c1cccc(O)c1O. The molecular weight excluding hydrogens is 250 g/mol. The highest BCUT2D eigenvalue weighted by Gasteiger charge is 2.22. The summed E-state index contributed by atoms with van der Waals surface area (Å²) in [5, 5.41) is 30.3. The number of rotatable bonds is 4. The summed E-state index contributed by atoms with van der Waals surface area (Å²) in [6.45, 7) is 1.72. The Kier molecular flexibility index (Phi) is 4.57. The second-order valence-electron chi connectivity index (χ2n) is 4.23. The number of nitrogens with two attached hydrogens (primary N) is 1. The first-order valence-electron chi connectivity index (χ1n) is 5.63. The van der Waals surface area contributed by atoms with E-state index in [4.69, 9.17) is 10.9 Å². The molecule has 1 aromatic rings. The van der Waals surface area contributed by atoms with E-state index in [1.54, 1.807) is 6.92 Å². The van der Waals surface area contributed by atoms with Crippen LogP contribution >= 0.6 is 0 Å². The number of aromatic hydroxyl groups is 2. The Bertz CT molecular complexity index is 502. The molecule has 0 saturated heterocycles. The van der Waals surface area contributed by atoms with Crippen LogP contribution in [0.1, 0.15) is 23.7 Å². The van der Waals surface area contributed by atoms with Crippen molar-refractivity contribution in [2.45, 2.75) is 19.4 Å². The van der Waals surface area contributed by atoms with Gasteiger partial charge < -0.3 is 26.1 Å². The molecule has 0 fully saturated rings. The molecule has 0 heterocycles. The quantitative estimate of drug-likeness (QED) is 0.210. The molecule has 5 N–H and O–H groups in total. The summed E-state index contributed by atoms with van der Waals surface area (Å²) in [6.07, 6.45) is 0.193. The van der Waals surface area contributed by atoms with Gasteiger partial charge in [0.05, 0.1) is 5.56 Å². The second-order valence-corrected chi connectivity index (χ2v) is 4.23. The molecule has 7 heteroatoms. The summed E-state index contributed by atoms with van der Waals surface area (Å²) in [7, 11) is 1.53. The van der Waals surface area contributed by atoms with E-state index in [2.05, 4.69) is 5.16 Å². The topological polar surface area (TPSA) is 119 Å². The number of amidine groups is 1. The molecule has 0 bridgehead atoms. The van der Waals surface area contributed by atoms with E-state index < -0.39 is 11.7 Å². The summed E-state index contributed by atoms with van der Waals surface area (Å²) in [4.78, 5) is 13.5. The summed E-state index contributed by atoms with van der Waals surface area (Å²) >= 11 is 0. The van der Waals surface area contributed by atoms with Crippen molar-refractivity contribution in [2.75, 3.05) is 7.05 Å². The number of oxime groups is 1. The Balaban J connectivity index is 2.90. The van der Waals surface area contributed by atoms with Crippen LogP contribution < -0.4 is 5.73 Å². The number of carbonyl (C=O) groups excluding carboxylic acids is 1. The number of carbonyl (C=O) groups is 1. The lowest BCUT2D eigenvalue weighted by Crippen LogP contribution is -2.37. The molecular formula is C12H17N3O4. The van der Waals surface area contributed by atoms with Crippen molar-refractivity contribution >= 4 is 11.7 Å². The Morgan fingerprint density at radius 3 is 2.68 bits per heavy atom. The number of phenols is 2. The first-order valence-corrected chi connectivity index (χ1v) is 5.63. The third-order valence-corrected chi connectivity index (χ3v) is 2.86. The fraction of sp³-hybridized carbons (Fsp3) is 0.333. The Morgan fingerprint density at radius 2 is 2.11 bits per heavy atom. The van der Waals surface area contributed by atoms with Crippen molar-refractivity contribution in [1.29, 1.82) is 0 Å². The van der Waals surface area contributed by atoms with Crippen molar-refractivity contribution in [3.8, 4) is 11.5 Å². The van der Waals surface area contributed by atoms with Gasteiger partial charge in [-0.25, -0.2) is 0 Å². The Hall–Kier alpha value is -2.44. The van der Waals surface area contributed by atoms with Gasteiger partial charge in [-0.3, -0.25) is 4.79 Å². The zero-order chi connectivity index (χ0) is 14.6. The van der Waals surface area contributed by atoms with Crippen molar-refractivity contribution in [1.82, 2.24) is 4.90 Å². The van der Waals surface area contributed by atoms with Gasteiger partial charge in [-0.2, -0.15) is 0 Å². The molecule has 7 nitrogen and oxygen atoms in total. The average molecular weight is 267 g/mol. The van der Waals surface area contributed by atoms with Gasteiger partial charge in [0.25, 0.3) is 5.91 Å². The zero-order valence-electron chi connectivity index (χ0n) is 10.7. The lowest BCUT2D eigenvalue weighted by Gasteiger charge is -2.24. The van der Waals surface area contributed by atoms with Gasteiger partial charge in [-0.1, -0.05) is 11.2 Å². The van der Waals surface area contributed by atoms with Crippen LogP contribution in [0.4, 0.5) is 0 Å². The first-order chi connectivity index (χ1) is 8.88. The van der Waals surface area contributed by atoms with Gasteiger partial charge in [-0.05, 0) is 19.1 Å². The lowest BCUT2D eigenvalue weighted by molar-refractivity contribution is 0.0743. The maximum Gasteiger partial charge on any atom is 0.257 e. The number of para-hydroxylation sites is 1. The third kappa shape index (κ3) is 3.27. The molecule has 19 heavy (non-hydrogen) atoms. The van der Waals surface area contributed by atoms with E-state index in [1.807, 2.05) is 0 Å². The number of hydrogen-bond donors (Lipinski definition) is 4. The molecule has 1 amide bonds. The number of benzene rings is 1. The molecule has 0 aliphatic rings. The summed E-state index contributed by atoms with van der Waals surface area (Å²) < 4.78 is 0. The summed E-state index contributed by atoms with van der Waals surface area (Å²) in [5.41, 5.74) is 5.37. The summed E-state index contributed by atoms with van der Waals surface area (Å²) in [6, 6.07) is 3.82. The number of nitrogens with zero attached hydrogens (tertiary/aromatic N) is 2. The number of amides is 1. The molecule has 1 atom stereocenters. The van der Waals surface area contributed by atoms with Crippen molar-refractivity contribution in [2.24, 2.45) is 10.9 Å². The van der Waals surface area contributed by atoms with Crippen LogP contribution in [0.25, 0.3) is 0 Å². The highest BCUT2D eigenvalue weighted by molar-refractivity contribution is 5.97. The smallest absolute Gasteiger partial charge is 0.257 e. The highest BCUT2D eigenvalue weighted by atomic mass is 16.4. The normalized spacial score (nSPS) is 13.1. The van der Waals surface area contributed by atoms with Crippen LogP contribution in [-0.2, 0) is 0 Å². The largest absolute Gasteiger partial charge is 0.504 e. The molecule has 1 rings (SSSR count). The van der Waals surface area contributed by atoms with Crippen molar-refractivity contribution in [3.63, 3.8) is 0 Å². The Morgan fingerprint density at radius 1 is 1.47 bits per heavy atom. The molecule has 0 aliphatic heterocycles. The molecule has 1 unspecified atom stereocenters. The lowest BCUT2D eigenvalue weighted by atomic mass is 10.1. The van der Waals surface area contributed by atoms with Crippen LogP contribution in [0.3, 0.4) is 0 Å². The van der Waals surface area contributed by atoms with Crippen LogP contribution in [0.2, 0.25) is 0 Å². The minimum atomic E-state index is -0.466. The van der Waals surface area contributed by atoms with Gasteiger partial charge in [0.1, 0.15) is 5.84 Å². The molecule has 104 valence electrons. The van der Waals surface area contributed by atoms with Crippen molar-refractivity contribution < 1.29 is 20.2 Å². The van der Waals surface area contributed by atoms with Crippen molar-refractivity contribution in [3.05, 3.63) is 23.8 Å². The van der Waals surface area contributed by atoms with Crippen LogP contribution in [-0.4, -0.2) is 45.2 Å². The predicted octanol–water partition coefficient (Wildman–Crippen LogP) is 0.695. The van der Waals surface area contributed by atoms with Gasteiger partial charge in [0.2, 0.25) is 0 Å². The molecule has 0 aliphatic carbocycles. The van der Waals surface area contributed by atoms with Gasteiger partial charge in [0, 0.05) is 19.5 Å². The average Bonchev–Trinajstić information content (AvgIpc) is 2.39. The molecule has 0 spiro atoms. The predicted molar refractivity (Wildman–Crippen MR) is 69.4 cm³/mol. The standard InChI is InChI=1S/C12H17N3O4/c1-7(6-10(13)14-19)15(2)12(18)8-4-3-5-9(16)11(8)17/h3-5,7,16-17,19H,6H2,1-2H3,(H2,13,14). The van der Waals surface area contributed by atoms with Crippen LogP contribution in [0.15, 0.2) is 23.4 Å². The van der Waals surface area contributed by atoms with E-state index in [0.29, 0.717) is 0 Å². The maximum atomic E-state index is 12.1. The fourth-order valence-electron chi connectivity index (χ4n) is 1.57. The molecule has 0 aromatic heterocycles. The molecule has 1 aromatic carbocycles. The van der Waals surface area contributed by atoms with E-state index in [0.717, 1.165) is 0 Å². The van der Waals surface area contributed by atoms with Gasteiger partial charge >= 0.3 is 0 Å². The maximum absolute atomic E-state index is 12.1. The van der Waals surface area contributed by atoms with E-state index in [9.17, 15) is 15.0 Å². The first kappa shape index (κ1) is 14.6. The highest BCUT2D eigenvalue weighted by Crippen LogP contribution is 2.29. The summed E-state index contributed by atoms with van der Waals surface area (Å²) in [5.74, 6) is -1.28. The zero-order valence-corrected chi connectivity index (χ0v) is 10.7. The van der Waals surface area contributed by atoms with E-state index in [1.165, 1.54) is 30.1 Å². The monoisotopic (exact) mass is 267 g/mol. The number of hydrogen-bond acceptors (Lipinski definition) is 5. The number of phenolic OH excluding ortho intramolecular Hbond substituents is 2. The minimum Gasteiger partial charge on any atom is -0.504 e. The van der Waals surface area contributed by atoms with E-state index in [-0.39, 0.29) is 29.6 Å². The second kappa shape index (κ2) is 5.94.